The molecular weight excluding hydrogens is 310 g/mol. The van der Waals surface area contributed by atoms with E-state index in [-0.39, 0.29) is 11.9 Å². The lowest BCUT2D eigenvalue weighted by atomic mass is 9.94. The van der Waals surface area contributed by atoms with Gasteiger partial charge in [-0.1, -0.05) is 105 Å². The largest absolute Gasteiger partial charge is 0.391 e. The molecule has 2 N–H and O–H groups in total. The fourth-order valence-electron chi connectivity index (χ4n) is 2.96. The van der Waals surface area contributed by atoms with Crippen molar-refractivity contribution in [3.63, 3.8) is 0 Å². The van der Waals surface area contributed by atoms with Crippen LogP contribution in [0.2, 0.25) is 0 Å². The molecule has 0 radical (unpaired) electrons. The molecule has 3 nitrogen and oxygen atoms in total. The third-order valence-corrected chi connectivity index (χ3v) is 4.97. The maximum Gasteiger partial charge on any atom is 0.225 e. The van der Waals surface area contributed by atoms with Crippen LogP contribution in [-0.2, 0) is 4.79 Å². The van der Waals surface area contributed by atoms with Crippen LogP contribution in [0.5, 0.6) is 0 Å². The summed E-state index contributed by atoms with van der Waals surface area (Å²) in [7, 11) is 0. The minimum Gasteiger partial charge on any atom is -0.391 e. The molecule has 0 aromatic rings. The van der Waals surface area contributed by atoms with Crippen LogP contribution in [-0.4, -0.2) is 23.2 Å². The number of hydrogen-bond donors (Lipinski definition) is 2. The van der Waals surface area contributed by atoms with E-state index in [0.717, 1.165) is 12.8 Å². The average Bonchev–Trinajstić information content (AvgIpc) is 2.54. The summed E-state index contributed by atoms with van der Waals surface area (Å²) in [6, 6.07) is -0.167. The SMILES string of the molecule is CCCCCCCCCCCCCC[C@H](O)[C@H](C)NC(=O)C(C)(C)C. The van der Waals surface area contributed by atoms with Gasteiger partial charge in [0.25, 0.3) is 0 Å². The van der Waals surface area contributed by atoms with Crippen LogP contribution in [0.15, 0.2) is 0 Å². The molecule has 3 heteroatoms. The smallest absolute Gasteiger partial charge is 0.225 e. The standard InChI is InChI=1S/C22H45NO2/c1-6-7-8-9-10-11-12-13-14-15-16-17-18-20(24)19(2)23-21(25)22(3,4)5/h19-20,24H,6-18H2,1-5H3,(H,23,25)/t19-,20-/m0/s1. The van der Waals surface area contributed by atoms with Crippen LogP contribution in [0.25, 0.3) is 0 Å². The summed E-state index contributed by atoms with van der Waals surface area (Å²) in [5.41, 5.74) is -0.399. The van der Waals surface area contributed by atoms with E-state index in [1.165, 1.54) is 70.6 Å². The first kappa shape index (κ1) is 24.4. The van der Waals surface area contributed by atoms with E-state index in [1.807, 2.05) is 27.7 Å². The van der Waals surface area contributed by atoms with E-state index < -0.39 is 11.5 Å². The zero-order valence-electron chi connectivity index (χ0n) is 17.7. The second-order valence-electron chi connectivity index (χ2n) is 8.76. The Morgan fingerprint density at radius 1 is 0.840 bits per heavy atom. The molecule has 0 spiro atoms. The molecule has 0 aromatic heterocycles. The monoisotopic (exact) mass is 355 g/mol. The van der Waals surface area contributed by atoms with Crippen LogP contribution < -0.4 is 5.32 Å². The Labute approximate surface area is 157 Å². The van der Waals surface area contributed by atoms with Gasteiger partial charge in [0.2, 0.25) is 5.91 Å². The lowest BCUT2D eigenvalue weighted by molar-refractivity contribution is -0.130. The Morgan fingerprint density at radius 3 is 1.64 bits per heavy atom. The van der Waals surface area contributed by atoms with Gasteiger partial charge >= 0.3 is 0 Å². The molecular formula is C22H45NO2. The molecule has 0 aromatic carbocycles. The summed E-state index contributed by atoms with van der Waals surface area (Å²) in [5.74, 6) is 0.00810. The van der Waals surface area contributed by atoms with Crippen LogP contribution >= 0.6 is 0 Å². The zero-order chi connectivity index (χ0) is 19.1. The maximum atomic E-state index is 11.9. The van der Waals surface area contributed by atoms with Gasteiger partial charge in [0.1, 0.15) is 0 Å². The van der Waals surface area contributed by atoms with Gasteiger partial charge in [-0.3, -0.25) is 4.79 Å². The Morgan fingerprint density at radius 2 is 1.24 bits per heavy atom. The fourth-order valence-corrected chi connectivity index (χ4v) is 2.96. The molecule has 0 aliphatic heterocycles. The summed E-state index contributed by atoms with van der Waals surface area (Å²) in [5, 5.41) is 13.1. The van der Waals surface area contributed by atoms with Gasteiger partial charge in [-0.05, 0) is 13.3 Å². The highest BCUT2D eigenvalue weighted by molar-refractivity contribution is 5.81. The fraction of sp³-hybridized carbons (Fsp3) is 0.955. The minimum atomic E-state index is -0.436. The lowest BCUT2D eigenvalue weighted by Crippen LogP contribution is -2.45. The number of amides is 1. The highest BCUT2D eigenvalue weighted by atomic mass is 16.3. The summed E-state index contributed by atoms with van der Waals surface area (Å²) in [4.78, 5) is 11.9. The van der Waals surface area contributed by atoms with Crippen molar-refractivity contribution in [2.75, 3.05) is 0 Å². The van der Waals surface area contributed by atoms with Gasteiger partial charge in [0.15, 0.2) is 0 Å². The number of carbonyl (C=O) groups excluding carboxylic acids is 1. The number of rotatable bonds is 15. The lowest BCUT2D eigenvalue weighted by Gasteiger charge is -2.25. The number of nitrogens with one attached hydrogen (secondary N) is 1. The van der Waals surface area contributed by atoms with Crippen LogP contribution in [0, 0.1) is 5.41 Å². The van der Waals surface area contributed by atoms with Crippen molar-refractivity contribution in [1.29, 1.82) is 0 Å². The minimum absolute atomic E-state index is 0.00810. The van der Waals surface area contributed by atoms with E-state index in [2.05, 4.69) is 12.2 Å². The molecule has 150 valence electrons. The highest BCUT2D eigenvalue weighted by Crippen LogP contribution is 2.16. The molecule has 0 rings (SSSR count). The van der Waals surface area contributed by atoms with Gasteiger partial charge < -0.3 is 10.4 Å². The van der Waals surface area contributed by atoms with Crippen molar-refractivity contribution in [2.45, 2.75) is 130 Å². The first-order valence-electron chi connectivity index (χ1n) is 10.8. The molecule has 0 unspecified atom stereocenters. The van der Waals surface area contributed by atoms with Gasteiger partial charge in [0, 0.05) is 5.41 Å². The first-order valence-corrected chi connectivity index (χ1v) is 10.8. The van der Waals surface area contributed by atoms with Gasteiger partial charge in [-0.2, -0.15) is 0 Å². The molecule has 0 heterocycles. The zero-order valence-corrected chi connectivity index (χ0v) is 17.7. The van der Waals surface area contributed by atoms with E-state index >= 15 is 0 Å². The molecule has 1 amide bonds. The number of carbonyl (C=O) groups is 1. The average molecular weight is 356 g/mol. The van der Waals surface area contributed by atoms with E-state index in [4.69, 9.17) is 0 Å². The van der Waals surface area contributed by atoms with Crippen molar-refractivity contribution in [1.82, 2.24) is 5.32 Å². The molecule has 0 aliphatic carbocycles. The highest BCUT2D eigenvalue weighted by Gasteiger charge is 2.24. The van der Waals surface area contributed by atoms with Crippen LogP contribution in [0.4, 0.5) is 0 Å². The van der Waals surface area contributed by atoms with Crippen molar-refractivity contribution in [3.8, 4) is 0 Å². The molecule has 0 saturated heterocycles. The van der Waals surface area contributed by atoms with Crippen molar-refractivity contribution in [2.24, 2.45) is 5.41 Å². The van der Waals surface area contributed by atoms with Crippen molar-refractivity contribution in [3.05, 3.63) is 0 Å². The van der Waals surface area contributed by atoms with Crippen LogP contribution in [0.1, 0.15) is 118 Å². The van der Waals surface area contributed by atoms with E-state index in [1.54, 1.807) is 0 Å². The van der Waals surface area contributed by atoms with Crippen molar-refractivity contribution >= 4 is 5.91 Å². The molecule has 25 heavy (non-hydrogen) atoms. The normalized spacial score (nSPS) is 14.3. The van der Waals surface area contributed by atoms with E-state index in [0.29, 0.717) is 0 Å². The quantitative estimate of drug-likeness (QED) is 0.354. The topological polar surface area (TPSA) is 49.3 Å². The number of aliphatic hydroxyl groups is 1. The third kappa shape index (κ3) is 14.3. The summed E-state index contributed by atoms with van der Waals surface area (Å²) in [6.07, 6.45) is 16.3. The molecule has 0 saturated carbocycles. The molecule has 0 aliphatic rings. The Balaban J connectivity index is 3.48. The van der Waals surface area contributed by atoms with Gasteiger partial charge in [0.05, 0.1) is 12.1 Å². The summed E-state index contributed by atoms with van der Waals surface area (Å²) in [6.45, 7) is 9.85. The maximum absolute atomic E-state index is 11.9. The molecule has 0 fully saturated rings. The Bertz CT molecular complexity index is 322. The number of hydrogen-bond acceptors (Lipinski definition) is 2. The second-order valence-corrected chi connectivity index (χ2v) is 8.76. The Hall–Kier alpha value is -0.570. The van der Waals surface area contributed by atoms with Crippen LogP contribution in [0.3, 0.4) is 0 Å². The second kappa shape index (κ2) is 14.6. The first-order chi connectivity index (χ1) is 11.8. The number of unbranched alkanes of at least 4 members (excludes halogenated alkanes) is 11. The third-order valence-electron chi connectivity index (χ3n) is 4.97. The van der Waals surface area contributed by atoms with Gasteiger partial charge in [-0.25, -0.2) is 0 Å². The van der Waals surface area contributed by atoms with E-state index in [9.17, 15) is 9.90 Å². The molecule has 0 bridgehead atoms. The Kier molecular flexibility index (Phi) is 14.3. The van der Waals surface area contributed by atoms with Crippen molar-refractivity contribution < 1.29 is 9.90 Å². The molecule has 2 atom stereocenters. The summed E-state index contributed by atoms with van der Waals surface area (Å²) < 4.78 is 0. The predicted molar refractivity (Wildman–Crippen MR) is 109 cm³/mol. The number of aliphatic hydroxyl groups excluding tert-OH is 1. The summed E-state index contributed by atoms with van der Waals surface area (Å²) >= 11 is 0. The predicted octanol–water partition coefficient (Wildman–Crippen LogP) is 5.99. The van der Waals surface area contributed by atoms with Gasteiger partial charge in [-0.15, -0.1) is 0 Å².